The van der Waals surface area contributed by atoms with Gasteiger partial charge >= 0.3 is 0 Å². The molecule has 3 rings (SSSR count). The molecule has 98 valence electrons. The molecule has 1 aromatic rings. The minimum Gasteiger partial charge on any atom is -0.372 e. The smallest absolute Gasteiger partial charge is 0.0952 e. The van der Waals surface area contributed by atoms with E-state index in [9.17, 15) is 0 Å². The van der Waals surface area contributed by atoms with Gasteiger partial charge in [-0.25, -0.2) is 0 Å². The molecule has 1 aliphatic carbocycles. The minimum atomic E-state index is 0.224. The van der Waals surface area contributed by atoms with Gasteiger partial charge < -0.3 is 10.1 Å². The van der Waals surface area contributed by atoms with Crippen LogP contribution in [-0.2, 0) is 11.2 Å². The molecule has 1 aliphatic heterocycles. The molecule has 1 N–H and O–H groups in total. The van der Waals surface area contributed by atoms with E-state index in [4.69, 9.17) is 16.3 Å². The second-order valence-electron chi connectivity index (χ2n) is 5.40. The number of ether oxygens (including phenoxy) is 1. The first-order valence-electron chi connectivity index (χ1n) is 6.87. The van der Waals surface area contributed by atoms with E-state index in [0.717, 1.165) is 44.9 Å². The van der Waals surface area contributed by atoms with Crippen molar-refractivity contribution in [2.24, 2.45) is 5.92 Å². The SMILES string of the molecule is ClC1CC(CNCC2OCCc3ccccc32)C1. The molecular weight excluding hydrogens is 246 g/mol. The highest BCUT2D eigenvalue weighted by Gasteiger charge is 2.27. The summed E-state index contributed by atoms with van der Waals surface area (Å²) in [5, 5.41) is 3.95. The molecule has 1 fully saturated rings. The van der Waals surface area contributed by atoms with Crippen molar-refractivity contribution >= 4 is 11.6 Å². The predicted octanol–water partition coefficient (Wildman–Crippen LogP) is 2.91. The molecule has 18 heavy (non-hydrogen) atoms. The third-order valence-electron chi connectivity index (χ3n) is 4.03. The maximum atomic E-state index is 5.99. The van der Waals surface area contributed by atoms with Gasteiger partial charge in [0.15, 0.2) is 0 Å². The fourth-order valence-corrected chi connectivity index (χ4v) is 3.39. The number of rotatable bonds is 4. The maximum Gasteiger partial charge on any atom is 0.0952 e. The van der Waals surface area contributed by atoms with E-state index >= 15 is 0 Å². The summed E-state index contributed by atoms with van der Waals surface area (Å²) in [7, 11) is 0. The third kappa shape index (κ3) is 2.71. The molecule has 0 radical (unpaired) electrons. The highest BCUT2D eigenvalue weighted by molar-refractivity contribution is 6.21. The first kappa shape index (κ1) is 12.5. The van der Waals surface area contributed by atoms with Crippen LogP contribution in [0, 0.1) is 5.92 Å². The lowest BCUT2D eigenvalue weighted by atomic mass is 9.85. The minimum absolute atomic E-state index is 0.224. The first-order chi connectivity index (χ1) is 8.83. The van der Waals surface area contributed by atoms with E-state index in [1.807, 2.05) is 0 Å². The fraction of sp³-hybridized carbons (Fsp3) is 0.600. The number of alkyl halides is 1. The van der Waals surface area contributed by atoms with Crippen LogP contribution in [0.15, 0.2) is 24.3 Å². The van der Waals surface area contributed by atoms with E-state index < -0.39 is 0 Å². The van der Waals surface area contributed by atoms with Gasteiger partial charge in [0, 0.05) is 11.9 Å². The van der Waals surface area contributed by atoms with E-state index in [1.54, 1.807) is 0 Å². The Labute approximate surface area is 114 Å². The Kier molecular flexibility index (Phi) is 3.88. The standard InChI is InChI=1S/C15H20ClNO/c16-13-7-11(8-13)9-17-10-15-14-4-2-1-3-12(14)5-6-18-15/h1-4,11,13,15,17H,5-10H2. The Balaban J connectivity index is 1.51. The van der Waals surface area contributed by atoms with Gasteiger partial charge in [0.05, 0.1) is 12.7 Å². The summed E-state index contributed by atoms with van der Waals surface area (Å²) in [6, 6.07) is 8.63. The molecule has 2 nitrogen and oxygen atoms in total. The van der Waals surface area contributed by atoms with Crippen LogP contribution in [0.2, 0.25) is 0 Å². The lowest BCUT2D eigenvalue weighted by Crippen LogP contribution is -2.36. The molecular formula is C15H20ClNO. The zero-order valence-electron chi connectivity index (χ0n) is 10.6. The number of nitrogens with one attached hydrogen (secondary N) is 1. The molecule has 2 aliphatic rings. The summed E-state index contributed by atoms with van der Waals surface area (Å²) in [5.74, 6) is 0.770. The van der Waals surface area contributed by atoms with E-state index in [0.29, 0.717) is 5.38 Å². The summed E-state index contributed by atoms with van der Waals surface area (Å²) in [6.07, 6.45) is 3.60. The summed E-state index contributed by atoms with van der Waals surface area (Å²) in [6.45, 7) is 2.84. The molecule has 3 heteroatoms. The van der Waals surface area contributed by atoms with Crippen molar-refractivity contribution in [3.8, 4) is 0 Å². The monoisotopic (exact) mass is 265 g/mol. The number of fused-ring (bicyclic) bond motifs is 1. The zero-order valence-corrected chi connectivity index (χ0v) is 11.3. The van der Waals surface area contributed by atoms with Crippen molar-refractivity contribution in [2.45, 2.75) is 30.7 Å². The van der Waals surface area contributed by atoms with Crippen LogP contribution in [0.5, 0.6) is 0 Å². The van der Waals surface area contributed by atoms with Gasteiger partial charge in [-0.05, 0) is 42.9 Å². The van der Waals surface area contributed by atoms with Crippen molar-refractivity contribution in [1.82, 2.24) is 5.32 Å². The Morgan fingerprint density at radius 1 is 1.22 bits per heavy atom. The fourth-order valence-electron chi connectivity index (χ4n) is 2.89. The lowest BCUT2D eigenvalue weighted by Gasteiger charge is -2.32. The van der Waals surface area contributed by atoms with Gasteiger partial charge in [-0.2, -0.15) is 0 Å². The highest BCUT2D eigenvalue weighted by atomic mass is 35.5. The van der Waals surface area contributed by atoms with Crippen LogP contribution in [0.3, 0.4) is 0 Å². The average molecular weight is 266 g/mol. The molecule has 1 saturated carbocycles. The van der Waals surface area contributed by atoms with Crippen molar-refractivity contribution in [1.29, 1.82) is 0 Å². The van der Waals surface area contributed by atoms with Crippen LogP contribution >= 0.6 is 11.6 Å². The summed E-state index contributed by atoms with van der Waals surface area (Å²) >= 11 is 5.99. The number of hydrogen-bond donors (Lipinski definition) is 1. The average Bonchev–Trinajstić information content (AvgIpc) is 2.37. The lowest BCUT2D eigenvalue weighted by molar-refractivity contribution is 0.0413. The van der Waals surface area contributed by atoms with Crippen molar-refractivity contribution in [3.05, 3.63) is 35.4 Å². The van der Waals surface area contributed by atoms with Gasteiger partial charge in [0.25, 0.3) is 0 Å². The third-order valence-corrected chi connectivity index (χ3v) is 4.39. The zero-order chi connectivity index (χ0) is 12.4. The Morgan fingerprint density at radius 2 is 2.06 bits per heavy atom. The summed E-state index contributed by atoms with van der Waals surface area (Å²) < 4.78 is 5.87. The van der Waals surface area contributed by atoms with E-state index in [1.165, 1.54) is 11.1 Å². The second kappa shape index (κ2) is 5.60. The molecule has 1 unspecified atom stereocenters. The number of benzene rings is 1. The highest BCUT2D eigenvalue weighted by Crippen LogP contribution is 2.31. The van der Waals surface area contributed by atoms with Crippen LogP contribution in [0.4, 0.5) is 0 Å². The molecule has 0 saturated heterocycles. The summed E-state index contributed by atoms with van der Waals surface area (Å²) in [5.41, 5.74) is 2.81. The first-order valence-corrected chi connectivity index (χ1v) is 7.31. The quantitative estimate of drug-likeness (QED) is 0.846. The molecule has 1 atom stereocenters. The van der Waals surface area contributed by atoms with Crippen LogP contribution in [0.1, 0.15) is 30.1 Å². The predicted molar refractivity (Wildman–Crippen MR) is 74.1 cm³/mol. The normalized spacial score (nSPS) is 30.6. The van der Waals surface area contributed by atoms with Gasteiger partial charge in [-0.3, -0.25) is 0 Å². The molecule has 1 aromatic carbocycles. The van der Waals surface area contributed by atoms with Crippen LogP contribution < -0.4 is 5.32 Å². The summed E-state index contributed by atoms with van der Waals surface area (Å²) in [4.78, 5) is 0. The molecule has 1 heterocycles. The van der Waals surface area contributed by atoms with Crippen molar-refractivity contribution in [3.63, 3.8) is 0 Å². The molecule has 0 bridgehead atoms. The Bertz CT molecular complexity index is 403. The Hall–Kier alpha value is -0.570. The molecule has 0 spiro atoms. The van der Waals surface area contributed by atoms with Crippen LogP contribution in [-0.4, -0.2) is 25.1 Å². The Morgan fingerprint density at radius 3 is 2.89 bits per heavy atom. The van der Waals surface area contributed by atoms with Gasteiger partial charge in [-0.1, -0.05) is 24.3 Å². The number of hydrogen-bond acceptors (Lipinski definition) is 2. The van der Waals surface area contributed by atoms with Crippen molar-refractivity contribution < 1.29 is 4.74 Å². The van der Waals surface area contributed by atoms with Gasteiger partial charge in [0.1, 0.15) is 0 Å². The van der Waals surface area contributed by atoms with Crippen LogP contribution in [0.25, 0.3) is 0 Å². The van der Waals surface area contributed by atoms with Gasteiger partial charge in [0.2, 0.25) is 0 Å². The topological polar surface area (TPSA) is 21.3 Å². The molecule has 0 amide bonds. The van der Waals surface area contributed by atoms with Crippen molar-refractivity contribution in [2.75, 3.05) is 19.7 Å². The van der Waals surface area contributed by atoms with E-state index in [-0.39, 0.29) is 6.10 Å². The largest absolute Gasteiger partial charge is 0.372 e. The molecule has 0 aromatic heterocycles. The van der Waals surface area contributed by atoms with E-state index in [2.05, 4.69) is 29.6 Å². The number of halogens is 1. The maximum absolute atomic E-state index is 5.99. The van der Waals surface area contributed by atoms with Gasteiger partial charge in [-0.15, -0.1) is 11.6 Å². The second-order valence-corrected chi connectivity index (χ2v) is 6.02.